The van der Waals surface area contributed by atoms with Crippen LogP contribution >= 0.6 is 11.6 Å². The number of hydrogen-bond acceptors (Lipinski definition) is 4. The van der Waals surface area contributed by atoms with Crippen LogP contribution in [0, 0.1) is 11.3 Å². The molecular formula is C16H13ClN2O2S. The Kier molecular flexibility index (Phi) is 3.48. The van der Waals surface area contributed by atoms with Gasteiger partial charge in [-0.05, 0) is 29.8 Å². The van der Waals surface area contributed by atoms with E-state index in [0.29, 0.717) is 10.6 Å². The zero-order valence-corrected chi connectivity index (χ0v) is 13.1. The second-order valence-electron chi connectivity index (χ2n) is 5.36. The Morgan fingerprint density at radius 3 is 2.41 bits per heavy atom. The van der Waals surface area contributed by atoms with Gasteiger partial charge in [-0.2, -0.15) is 5.26 Å². The lowest BCUT2D eigenvalue weighted by molar-refractivity contribution is 0.592. The molecule has 3 atom stereocenters. The second kappa shape index (κ2) is 5.10. The van der Waals surface area contributed by atoms with Gasteiger partial charge in [0.25, 0.3) is 0 Å². The normalized spacial score (nSPS) is 27.1. The number of benzene rings is 2. The molecule has 1 aliphatic rings. The van der Waals surface area contributed by atoms with E-state index in [1.54, 1.807) is 42.5 Å². The van der Waals surface area contributed by atoms with Gasteiger partial charge < -0.3 is 5.73 Å². The highest BCUT2D eigenvalue weighted by atomic mass is 35.5. The van der Waals surface area contributed by atoms with Gasteiger partial charge in [0.2, 0.25) is 0 Å². The summed E-state index contributed by atoms with van der Waals surface area (Å²) in [4.78, 5) is 0.176. The van der Waals surface area contributed by atoms with Gasteiger partial charge in [0.05, 0.1) is 11.0 Å². The number of hydrogen-bond donors (Lipinski definition) is 1. The van der Waals surface area contributed by atoms with E-state index < -0.39 is 26.5 Å². The number of nitrogens with zero attached hydrogens (tertiary/aromatic N) is 1. The average molecular weight is 333 g/mol. The highest BCUT2D eigenvalue weighted by molar-refractivity contribution is 7.92. The summed E-state index contributed by atoms with van der Waals surface area (Å²) in [6.07, 6.45) is 0. The van der Waals surface area contributed by atoms with Gasteiger partial charge in [-0.1, -0.05) is 41.9 Å². The quantitative estimate of drug-likeness (QED) is 0.936. The topological polar surface area (TPSA) is 83.9 Å². The fraction of sp³-hybridized carbons (Fsp3) is 0.188. The second-order valence-corrected chi connectivity index (χ2v) is 7.86. The van der Waals surface area contributed by atoms with E-state index in [4.69, 9.17) is 17.3 Å². The van der Waals surface area contributed by atoms with E-state index in [1.165, 1.54) is 12.1 Å². The summed E-state index contributed by atoms with van der Waals surface area (Å²) >= 11 is 5.96. The molecule has 3 rings (SSSR count). The first kappa shape index (κ1) is 15.0. The van der Waals surface area contributed by atoms with Crippen LogP contribution in [0.5, 0.6) is 0 Å². The highest BCUT2D eigenvalue weighted by Crippen LogP contribution is 2.55. The fourth-order valence-electron chi connectivity index (χ4n) is 2.85. The summed E-state index contributed by atoms with van der Waals surface area (Å²) in [5.41, 5.74) is 5.29. The van der Waals surface area contributed by atoms with Crippen molar-refractivity contribution in [1.29, 1.82) is 5.26 Å². The molecule has 1 fully saturated rings. The van der Waals surface area contributed by atoms with Crippen LogP contribution in [0.2, 0.25) is 5.02 Å². The molecule has 0 bridgehead atoms. The minimum absolute atomic E-state index is 0.176. The molecule has 112 valence electrons. The van der Waals surface area contributed by atoms with E-state index >= 15 is 0 Å². The molecule has 22 heavy (non-hydrogen) atoms. The van der Waals surface area contributed by atoms with Crippen molar-refractivity contribution in [2.24, 2.45) is 5.73 Å². The van der Waals surface area contributed by atoms with Gasteiger partial charge in [0.1, 0.15) is 10.8 Å². The lowest BCUT2D eigenvalue weighted by Gasteiger charge is -2.04. The third kappa shape index (κ3) is 2.20. The molecular weight excluding hydrogens is 320 g/mol. The van der Waals surface area contributed by atoms with Crippen molar-refractivity contribution in [2.45, 2.75) is 21.6 Å². The van der Waals surface area contributed by atoms with Gasteiger partial charge in [0, 0.05) is 10.9 Å². The van der Waals surface area contributed by atoms with E-state index in [9.17, 15) is 13.7 Å². The largest absolute Gasteiger partial charge is 0.312 e. The zero-order valence-electron chi connectivity index (χ0n) is 11.5. The Labute approximate surface area is 134 Å². The Morgan fingerprint density at radius 2 is 1.82 bits per heavy atom. The Hall–Kier alpha value is -1.87. The summed E-state index contributed by atoms with van der Waals surface area (Å²) in [6.45, 7) is 0. The van der Waals surface area contributed by atoms with Crippen LogP contribution in [0.3, 0.4) is 0 Å². The van der Waals surface area contributed by atoms with Crippen LogP contribution in [0.15, 0.2) is 59.5 Å². The van der Waals surface area contributed by atoms with Crippen LogP contribution < -0.4 is 5.73 Å². The van der Waals surface area contributed by atoms with Gasteiger partial charge >= 0.3 is 0 Å². The van der Waals surface area contributed by atoms with E-state index in [1.807, 2.05) is 6.07 Å². The molecule has 0 aromatic heterocycles. The molecule has 2 N–H and O–H groups in total. The lowest BCUT2D eigenvalue weighted by Crippen LogP contribution is -2.29. The molecule has 0 amide bonds. The summed E-state index contributed by atoms with van der Waals surface area (Å²) in [6, 6.07) is 16.8. The fourth-order valence-corrected chi connectivity index (χ4v) is 5.25. The van der Waals surface area contributed by atoms with E-state index in [2.05, 4.69) is 0 Å². The molecule has 1 aliphatic carbocycles. The van der Waals surface area contributed by atoms with Gasteiger partial charge in [0.15, 0.2) is 9.84 Å². The molecule has 0 aliphatic heterocycles. The Bertz CT molecular complexity index is 861. The van der Waals surface area contributed by atoms with Crippen LogP contribution in [-0.2, 0) is 9.84 Å². The molecule has 0 spiro atoms. The molecule has 0 unspecified atom stereocenters. The zero-order chi connectivity index (χ0) is 16.0. The maximum atomic E-state index is 12.8. The molecule has 1 saturated carbocycles. The number of nitrogens with two attached hydrogens (primary N) is 1. The predicted octanol–water partition coefficient (Wildman–Crippen LogP) is 2.50. The maximum Gasteiger partial charge on any atom is 0.184 e. The molecule has 2 aromatic rings. The Balaban J connectivity index is 2.06. The van der Waals surface area contributed by atoms with Crippen molar-refractivity contribution in [3.05, 3.63) is 65.2 Å². The first-order valence-corrected chi connectivity index (χ1v) is 8.58. The van der Waals surface area contributed by atoms with E-state index in [0.717, 1.165) is 0 Å². The first-order chi connectivity index (χ1) is 10.4. The minimum atomic E-state index is -3.69. The maximum absolute atomic E-state index is 12.8. The van der Waals surface area contributed by atoms with Crippen molar-refractivity contribution >= 4 is 21.4 Å². The SMILES string of the molecule is N#C[C@@]1(N)[C@H](c2cccc(Cl)c2)[C@@H]1S(=O)(=O)c1ccccc1. The number of rotatable bonds is 3. The molecule has 0 heterocycles. The summed E-state index contributed by atoms with van der Waals surface area (Å²) in [7, 11) is -3.69. The van der Waals surface area contributed by atoms with E-state index in [-0.39, 0.29) is 4.90 Å². The molecule has 2 aromatic carbocycles. The summed E-state index contributed by atoms with van der Waals surface area (Å²) < 4.78 is 25.5. The highest BCUT2D eigenvalue weighted by Gasteiger charge is 2.70. The predicted molar refractivity (Wildman–Crippen MR) is 84.1 cm³/mol. The monoisotopic (exact) mass is 332 g/mol. The Morgan fingerprint density at radius 1 is 1.14 bits per heavy atom. The third-order valence-electron chi connectivity index (χ3n) is 3.99. The van der Waals surface area contributed by atoms with Crippen molar-refractivity contribution in [1.82, 2.24) is 0 Å². The van der Waals surface area contributed by atoms with Crippen LogP contribution in [0.25, 0.3) is 0 Å². The van der Waals surface area contributed by atoms with Crippen molar-refractivity contribution in [3.8, 4) is 6.07 Å². The van der Waals surface area contributed by atoms with Gasteiger partial charge in [-0.25, -0.2) is 8.42 Å². The number of halogens is 1. The molecule has 0 radical (unpaired) electrons. The first-order valence-electron chi connectivity index (χ1n) is 6.66. The van der Waals surface area contributed by atoms with Crippen molar-refractivity contribution in [2.75, 3.05) is 0 Å². The van der Waals surface area contributed by atoms with Crippen LogP contribution in [0.1, 0.15) is 11.5 Å². The number of nitriles is 1. The summed E-state index contributed by atoms with van der Waals surface area (Å²) in [5, 5.41) is 8.89. The molecule has 6 heteroatoms. The van der Waals surface area contributed by atoms with Gasteiger partial charge in [-0.3, -0.25) is 0 Å². The summed E-state index contributed by atoms with van der Waals surface area (Å²) in [5.74, 6) is -0.582. The van der Waals surface area contributed by atoms with Crippen molar-refractivity contribution in [3.63, 3.8) is 0 Å². The van der Waals surface area contributed by atoms with Crippen molar-refractivity contribution < 1.29 is 8.42 Å². The average Bonchev–Trinajstić information content (AvgIpc) is 3.16. The third-order valence-corrected chi connectivity index (χ3v) is 6.48. The smallest absolute Gasteiger partial charge is 0.184 e. The molecule has 0 saturated heterocycles. The standard InChI is InChI=1S/C16H13ClN2O2S/c17-12-6-4-5-11(9-12)14-15(16(14,19)10-18)22(20,21)13-7-2-1-3-8-13/h1-9,14-15H,19H2/t14-,15+,16-/m1/s1. The minimum Gasteiger partial charge on any atom is -0.312 e. The van der Waals surface area contributed by atoms with Gasteiger partial charge in [-0.15, -0.1) is 0 Å². The lowest BCUT2D eigenvalue weighted by atomic mass is 10.1. The van der Waals surface area contributed by atoms with Crippen LogP contribution in [0.4, 0.5) is 0 Å². The number of sulfone groups is 1. The van der Waals surface area contributed by atoms with Crippen LogP contribution in [-0.4, -0.2) is 19.2 Å². The molecule has 4 nitrogen and oxygen atoms in total.